The monoisotopic (exact) mass is 538 g/mol. The molecule has 0 radical (unpaired) electrons. The minimum Gasteiger partial charge on any atom is -0.494 e. The lowest BCUT2D eigenvalue weighted by molar-refractivity contribution is -0.121. The van der Waals surface area contributed by atoms with Gasteiger partial charge in [0, 0.05) is 39.6 Å². The van der Waals surface area contributed by atoms with Crippen molar-refractivity contribution in [3.63, 3.8) is 0 Å². The first kappa shape index (κ1) is 25.5. The molecule has 164 valence electrons. The van der Waals surface area contributed by atoms with Crippen molar-refractivity contribution in [2.24, 2.45) is 4.99 Å². The fraction of sp³-hybridized carbons (Fsp3) is 0.579. The molecular weight excluding hydrogens is 507 g/mol. The third-order valence-corrected chi connectivity index (χ3v) is 6.23. The molecule has 1 aliphatic rings. The minimum absolute atomic E-state index is 0. The number of rotatable bonds is 8. The molecule has 1 aliphatic heterocycles. The van der Waals surface area contributed by atoms with E-state index in [4.69, 9.17) is 4.74 Å². The average Bonchev–Trinajstić information content (AvgIpc) is 2.98. The second-order valence-electron chi connectivity index (χ2n) is 6.82. The summed E-state index contributed by atoms with van der Waals surface area (Å²) in [5.41, 5.74) is 1.12. The van der Waals surface area contributed by atoms with Crippen molar-refractivity contribution in [1.29, 1.82) is 0 Å². The number of hydrogen-bond acceptors (Lipinski definition) is 5. The Morgan fingerprint density at radius 2 is 2.00 bits per heavy atom. The highest BCUT2D eigenvalue weighted by molar-refractivity contribution is 14.0. The van der Waals surface area contributed by atoms with Gasteiger partial charge in [0.15, 0.2) is 15.8 Å². The largest absolute Gasteiger partial charge is 0.494 e. The summed E-state index contributed by atoms with van der Waals surface area (Å²) in [4.78, 5) is 18.2. The van der Waals surface area contributed by atoms with Crippen molar-refractivity contribution in [3.8, 4) is 5.75 Å². The summed E-state index contributed by atoms with van der Waals surface area (Å²) < 4.78 is 28.3. The third-order valence-electron chi connectivity index (χ3n) is 4.46. The molecule has 0 saturated carbocycles. The van der Waals surface area contributed by atoms with Crippen LogP contribution in [-0.4, -0.2) is 70.0 Å². The summed E-state index contributed by atoms with van der Waals surface area (Å²) in [6, 6.07) is 7.64. The molecule has 29 heavy (non-hydrogen) atoms. The van der Waals surface area contributed by atoms with Gasteiger partial charge in [0.25, 0.3) is 0 Å². The van der Waals surface area contributed by atoms with Gasteiger partial charge in [-0.2, -0.15) is 0 Å². The lowest BCUT2D eigenvalue weighted by Crippen LogP contribution is -2.41. The van der Waals surface area contributed by atoms with E-state index >= 15 is 0 Å². The molecule has 1 saturated heterocycles. The first-order chi connectivity index (χ1) is 13.3. The Morgan fingerprint density at radius 3 is 2.55 bits per heavy atom. The number of sulfone groups is 1. The molecule has 1 amide bonds. The van der Waals surface area contributed by atoms with Gasteiger partial charge in [-0.25, -0.2) is 8.42 Å². The van der Waals surface area contributed by atoms with Crippen molar-refractivity contribution in [2.45, 2.75) is 32.4 Å². The average molecular weight is 538 g/mol. The number of carbonyl (C=O) groups excluding carboxylic acids is 1. The molecule has 1 heterocycles. The standard InChI is InChI=1S/C19H30N4O4S.HI/c1-4-27-17-7-5-15(6-8-17)13-23(3)19(20-2)21-11-9-18(24)22-16-10-12-28(25,26)14-16;/h5-8,16H,4,9-14H2,1-3H3,(H,20,21)(H,22,24);1H. The van der Waals surface area contributed by atoms with Gasteiger partial charge in [0.2, 0.25) is 5.91 Å². The van der Waals surface area contributed by atoms with Gasteiger partial charge in [-0.3, -0.25) is 9.79 Å². The van der Waals surface area contributed by atoms with Crippen LogP contribution in [0.1, 0.15) is 25.3 Å². The highest BCUT2D eigenvalue weighted by Gasteiger charge is 2.28. The molecule has 2 rings (SSSR count). The second kappa shape index (κ2) is 12.2. The van der Waals surface area contributed by atoms with E-state index in [9.17, 15) is 13.2 Å². The van der Waals surface area contributed by atoms with Gasteiger partial charge in [0.05, 0.1) is 18.1 Å². The van der Waals surface area contributed by atoms with E-state index in [1.807, 2.05) is 43.1 Å². The number of amides is 1. The third kappa shape index (κ3) is 8.77. The molecule has 1 atom stereocenters. The van der Waals surface area contributed by atoms with Crippen LogP contribution >= 0.6 is 24.0 Å². The van der Waals surface area contributed by atoms with Crippen LogP contribution in [0.2, 0.25) is 0 Å². The van der Waals surface area contributed by atoms with Gasteiger partial charge in [-0.1, -0.05) is 12.1 Å². The molecule has 1 aromatic carbocycles. The summed E-state index contributed by atoms with van der Waals surface area (Å²) in [6.45, 7) is 3.68. The number of nitrogens with zero attached hydrogens (tertiary/aromatic N) is 2. The maximum Gasteiger partial charge on any atom is 0.222 e. The zero-order valence-corrected chi connectivity index (χ0v) is 20.3. The smallest absolute Gasteiger partial charge is 0.222 e. The van der Waals surface area contributed by atoms with Crippen LogP contribution in [0.4, 0.5) is 0 Å². The van der Waals surface area contributed by atoms with E-state index in [2.05, 4.69) is 15.6 Å². The maximum atomic E-state index is 12.0. The van der Waals surface area contributed by atoms with Gasteiger partial charge < -0.3 is 20.3 Å². The Balaban J connectivity index is 0.00000420. The van der Waals surface area contributed by atoms with Crippen LogP contribution in [0.25, 0.3) is 0 Å². The number of aliphatic imine (C=N–C) groups is 1. The Morgan fingerprint density at radius 1 is 1.31 bits per heavy atom. The molecule has 0 spiro atoms. The zero-order chi connectivity index (χ0) is 20.6. The summed E-state index contributed by atoms with van der Waals surface area (Å²) in [7, 11) is 0.631. The lowest BCUT2D eigenvalue weighted by atomic mass is 10.2. The van der Waals surface area contributed by atoms with Crippen LogP contribution < -0.4 is 15.4 Å². The maximum absolute atomic E-state index is 12.0. The summed E-state index contributed by atoms with van der Waals surface area (Å²) >= 11 is 0. The number of guanidine groups is 1. The first-order valence-corrected chi connectivity index (χ1v) is 11.3. The van der Waals surface area contributed by atoms with Crippen molar-refractivity contribution < 1.29 is 17.9 Å². The predicted octanol–water partition coefficient (Wildman–Crippen LogP) is 1.40. The Kier molecular flexibility index (Phi) is 10.7. The van der Waals surface area contributed by atoms with Crippen molar-refractivity contribution >= 4 is 45.7 Å². The Bertz CT molecular complexity index is 784. The van der Waals surface area contributed by atoms with Crippen LogP contribution in [0.5, 0.6) is 5.75 Å². The molecule has 10 heteroatoms. The first-order valence-electron chi connectivity index (χ1n) is 9.46. The van der Waals surface area contributed by atoms with E-state index in [1.54, 1.807) is 7.05 Å². The van der Waals surface area contributed by atoms with Gasteiger partial charge >= 0.3 is 0 Å². The normalized spacial score (nSPS) is 17.9. The van der Waals surface area contributed by atoms with E-state index in [0.717, 1.165) is 11.3 Å². The molecular formula is C19H31IN4O4S. The van der Waals surface area contributed by atoms with Crippen LogP contribution in [0.3, 0.4) is 0 Å². The fourth-order valence-electron chi connectivity index (χ4n) is 3.09. The second-order valence-corrected chi connectivity index (χ2v) is 9.05. The van der Waals surface area contributed by atoms with E-state index in [-0.39, 0.29) is 53.9 Å². The highest BCUT2D eigenvalue weighted by atomic mass is 127. The van der Waals surface area contributed by atoms with Gasteiger partial charge in [0.1, 0.15) is 5.75 Å². The molecule has 0 aromatic heterocycles. The Labute approximate surface area is 190 Å². The quantitative estimate of drug-likeness (QED) is 0.295. The van der Waals surface area contributed by atoms with Crippen LogP contribution in [0.15, 0.2) is 29.3 Å². The van der Waals surface area contributed by atoms with Crippen LogP contribution in [0, 0.1) is 0 Å². The topological polar surface area (TPSA) is 100 Å². The molecule has 1 fully saturated rings. The minimum atomic E-state index is -2.99. The van der Waals surface area contributed by atoms with Crippen LogP contribution in [-0.2, 0) is 21.2 Å². The molecule has 2 N–H and O–H groups in total. The Hall–Kier alpha value is -1.56. The number of carbonyl (C=O) groups is 1. The SMILES string of the molecule is CCOc1ccc(CN(C)C(=NC)NCCC(=O)NC2CCS(=O)(=O)C2)cc1.I. The zero-order valence-electron chi connectivity index (χ0n) is 17.2. The summed E-state index contributed by atoms with van der Waals surface area (Å²) in [6.07, 6.45) is 0.750. The van der Waals surface area contributed by atoms with Gasteiger partial charge in [-0.15, -0.1) is 24.0 Å². The van der Waals surface area contributed by atoms with Gasteiger partial charge in [-0.05, 0) is 31.0 Å². The number of halogens is 1. The fourth-order valence-corrected chi connectivity index (χ4v) is 4.76. The number of benzene rings is 1. The van der Waals surface area contributed by atoms with Crippen molar-refractivity contribution in [3.05, 3.63) is 29.8 Å². The van der Waals surface area contributed by atoms with E-state index in [0.29, 0.717) is 32.1 Å². The molecule has 0 bridgehead atoms. The molecule has 1 aromatic rings. The summed E-state index contributed by atoms with van der Waals surface area (Å²) in [5, 5.41) is 5.95. The van der Waals surface area contributed by atoms with E-state index < -0.39 is 9.84 Å². The van der Waals surface area contributed by atoms with Crippen molar-refractivity contribution in [1.82, 2.24) is 15.5 Å². The number of hydrogen-bond donors (Lipinski definition) is 2. The lowest BCUT2D eigenvalue weighted by Gasteiger charge is -2.22. The molecule has 8 nitrogen and oxygen atoms in total. The van der Waals surface area contributed by atoms with Crippen molar-refractivity contribution in [2.75, 3.05) is 38.8 Å². The molecule has 0 aliphatic carbocycles. The molecule has 1 unspecified atom stereocenters. The predicted molar refractivity (Wildman–Crippen MR) is 126 cm³/mol. The highest BCUT2D eigenvalue weighted by Crippen LogP contribution is 2.13. The number of nitrogens with one attached hydrogen (secondary N) is 2. The number of ether oxygens (including phenoxy) is 1. The summed E-state index contributed by atoms with van der Waals surface area (Å²) in [5.74, 6) is 1.57. The van der Waals surface area contributed by atoms with E-state index in [1.165, 1.54) is 0 Å².